The largest absolute Gasteiger partial charge is 0.385 e. The molecule has 0 aromatic carbocycles. The van der Waals surface area contributed by atoms with Crippen molar-refractivity contribution in [2.45, 2.75) is 33.1 Å². The molecular weight excluding hydrogens is 178 g/mol. The van der Waals surface area contributed by atoms with E-state index in [2.05, 4.69) is 5.32 Å². The lowest BCUT2D eigenvalue weighted by molar-refractivity contribution is -0.124. The van der Waals surface area contributed by atoms with Crippen molar-refractivity contribution >= 4 is 5.91 Å². The molecule has 1 rings (SSSR count). The van der Waals surface area contributed by atoms with Gasteiger partial charge in [-0.25, -0.2) is 0 Å². The van der Waals surface area contributed by atoms with Crippen molar-refractivity contribution in [1.82, 2.24) is 5.32 Å². The second-order valence-corrected chi connectivity index (χ2v) is 4.62. The second kappa shape index (κ2) is 4.78. The van der Waals surface area contributed by atoms with Crippen LogP contribution in [0, 0.1) is 11.3 Å². The number of rotatable bonds is 6. The quantitative estimate of drug-likeness (QED) is 0.705. The molecule has 0 radical (unpaired) electrons. The summed E-state index contributed by atoms with van der Waals surface area (Å²) in [6.07, 6.45) is 3.53. The number of carbonyl (C=O) groups excluding carboxylic acids is 1. The molecule has 1 saturated carbocycles. The lowest BCUT2D eigenvalue weighted by atomic mass is 10.0. The standard InChI is InChI=1S/C11H21NO2/c1-9(2)10(13)12-8-11(4-5-11)6-7-14-3/h9H,4-8H2,1-3H3,(H,12,13). The summed E-state index contributed by atoms with van der Waals surface area (Å²) >= 11 is 0. The third-order valence-electron chi connectivity index (χ3n) is 2.96. The Kier molecular flexibility index (Phi) is 3.93. The van der Waals surface area contributed by atoms with E-state index in [0.717, 1.165) is 19.6 Å². The van der Waals surface area contributed by atoms with Crippen LogP contribution in [0.25, 0.3) is 0 Å². The molecule has 1 N–H and O–H groups in total. The van der Waals surface area contributed by atoms with E-state index >= 15 is 0 Å². The van der Waals surface area contributed by atoms with E-state index in [9.17, 15) is 4.79 Å². The Bertz CT molecular complexity index is 197. The predicted molar refractivity (Wildman–Crippen MR) is 56.0 cm³/mol. The monoisotopic (exact) mass is 199 g/mol. The van der Waals surface area contributed by atoms with Crippen molar-refractivity contribution in [2.75, 3.05) is 20.3 Å². The summed E-state index contributed by atoms with van der Waals surface area (Å²) in [5.41, 5.74) is 0.362. The third kappa shape index (κ3) is 3.29. The van der Waals surface area contributed by atoms with Gasteiger partial charge in [0.25, 0.3) is 0 Å². The SMILES string of the molecule is COCCC1(CNC(=O)C(C)C)CC1. The normalized spacial score (nSPS) is 18.3. The van der Waals surface area contributed by atoms with Crippen molar-refractivity contribution in [3.63, 3.8) is 0 Å². The first-order chi connectivity index (χ1) is 6.59. The van der Waals surface area contributed by atoms with Crippen LogP contribution >= 0.6 is 0 Å². The first-order valence-electron chi connectivity index (χ1n) is 5.36. The van der Waals surface area contributed by atoms with Gasteiger partial charge in [-0.2, -0.15) is 0 Å². The fourth-order valence-electron chi connectivity index (χ4n) is 1.49. The lowest BCUT2D eigenvalue weighted by Gasteiger charge is -2.16. The smallest absolute Gasteiger partial charge is 0.222 e. The fourth-order valence-corrected chi connectivity index (χ4v) is 1.49. The molecule has 14 heavy (non-hydrogen) atoms. The summed E-state index contributed by atoms with van der Waals surface area (Å²) < 4.78 is 5.06. The minimum Gasteiger partial charge on any atom is -0.385 e. The maximum absolute atomic E-state index is 11.3. The molecule has 0 aromatic rings. The van der Waals surface area contributed by atoms with Gasteiger partial charge in [0.2, 0.25) is 5.91 Å². The number of hydrogen-bond donors (Lipinski definition) is 1. The van der Waals surface area contributed by atoms with Crippen molar-refractivity contribution in [1.29, 1.82) is 0 Å². The van der Waals surface area contributed by atoms with Crippen LogP contribution in [0.2, 0.25) is 0 Å². The first-order valence-corrected chi connectivity index (χ1v) is 5.36. The van der Waals surface area contributed by atoms with Crippen LogP contribution in [0.4, 0.5) is 0 Å². The zero-order valence-electron chi connectivity index (χ0n) is 9.43. The molecule has 0 spiro atoms. The summed E-state index contributed by atoms with van der Waals surface area (Å²) in [4.78, 5) is 11.3. The van der Waals surface area contributed by atoms with Crippen molar-refractivity contribution in [3.8, 4) is 0 Å². The summed E-state index contributed by atoms with van der Waals surface area (Å²) in [7, 11) is 1.72. The van der Waals surface area contributed by atoms with Gasteiger partial charge in [0.1, 0.15) is 0 Å². The topological polar surface area (TPSA) is 38.3 Å². The highest BCUT2D eigenvalue weighted by Crippen LogP contribution is 2.48. The number of nitrogens with one attached hydrogen (secondary N) is 1. The maximum atomic E-state index is 11.3. The van der Waals surface area contributed by atoms with Crippen molar-refractivity contribution < 1.29 is 9.53 Å². The minimum atomic E-state index is 0.0909. The first kappa shape index (κ1) is 11.5. The van der Waals surface area contributed by atoms with Gasteiger partial charge in [-0.05, 0) is 24.7 Å². The number of methoxy groups -OCH3 is 1. The van der Waals surface area contributed by atoms with E-state index in [1.807, 2.05) is 13.8 Å². The molecule has 1 aliphatic carbocycles. The van der Waals surface area contributed by atoms with Gasteiger partial charge >= 0.3 is 0 Å². The van der Waals surface area contributed by atoms with Gasteiger partial charge in [-0.15, -0.1) is 0 Å². The van der Waals surface area contributed by atoms with E-state index in [4.69, 9.17) is 4.74 Å². The van der Waals surface area contributed by atoms with Crippen LogP contribution in [0.15, 0.2) is 0 Å². The van der Waals surface area contributed by atoms with Crippen LogP contribution in [-0.4, -0.2) is 26.2 Å². The van der Waals surface area contributed by atoms with Gasteiger partial charge in [-0.3, -0.25) is 4.79 Å². The Balaban J connectivity index is 2.20. The van der Waals surface area contributed by atoms with Gasteiger partial charge < -0.3 is 10.1 Å². The molecular formula is C11H21NO2. The molecule has 0 heterocycles. The van der Waals surface area contributed by atoms with Gasteiger partial charge in [0.05, 0.1) is 0 Å². The molecule has 3 heteroatoms. The van der Waals surface area contributed by atoms with Crippen LogP contribution in [0.5, 0.6) is 0 Å². The molecule has 0 unspecified atom stereocenters. The summed E-state index contributed by atoms with van der Waals surface area (Å²) in [6.45, 7) is 5.47. The summed E-state index contributed by atoms with van der Waals surface area (Å²) in [6, 6.07) is 0. The van der Waals surface area contributed by atoms with Crippen molar-refractivity contribution in [3.05, 3.63) is 0 Å². The van der Waals surface area contributed by atoms with Crippen LogP contribution in [0.1, 0.15) is 33.1 Å². The highest BCUT2D eigenvalue weighted by Gasteiger charge is 2.42. The molecule has 1 amide bonds. The Morgan fingerprint density at radius 2 is 2.14 bits per heavy atom. The third-order valence-corrected chi connectivity index (χ3v) is 2.96. The van der Waals surface area contributed by atoms with Gasteiger partial charge in [-0.1, -0.05) is 13.8 Å². The fraction of sp³-hybridized carbons (Fsp3) is 0.909. The molecule has 1 aliphatic rings. The maximum Gasteiger partial charge on any atom is 0.222 e. The van der Waals surface area contributed by atoms with Gasteiger partial charge in [0.15, 0.2) is 0 Å². The van der Waals surface area contributed by atoms with Crippen LogP contribution < -0.4 is 5.32 Å². The number of amides is 1. The molecule has 0 aliphatic heterocycles. The molecule has 0 aromatic heterocycles. The predicted octanol–water partition coefficient (Wildman–Crippen LogP) is 1.58. The zero-order valence-corrected chi connectivity index (χ0v) is 9.43. The van der Waals surface area contributed by atoms with Crippen LogP contribution in [0.3, 0.4) is 0 Å². The molecule has 0 bridgehead atoms. The molecule has 82 valence electrons. The molecule has 0 atom stereocenters. The Morgan fingerprint density at radius 1 is 1.50 bits per heavy atom. The zero-order chi connectivity index (χ0) is 10.6. The minimum absolute atomic E-state index is 0.0909. The summed E-state index contributed by atoms with van der Waals surface area (Å²) in [5.74, 6) is 0.252. The Labute approximate surface area is 86.2 Å². The van der Waals surface area contributed by atoms with Crippen LogP contribution in [-0.2, 0) is 9.53 Å². The Morgan fingerprint density at radius 3 is 2.57 bits per heavy atom. The lowest BCUT2D eigenvalue weighted by Crippen LogP contribution is -2.33. The molecule has 3 nitrogen and oxygen atoms in total. The molecule has 0 saturated heterocycles. The number of hydrogen-bond acceptors (Lipinski definition) is 2. The second-order valence-electron chi connectivity index (χ2n) is 4.62. The van der Waals surface area contributed by atoms with E-state index in [1.165, 1.54) is 12.8 Å². The van der Waals surface area contributed by atoms with E-state index in [0.29, 0.717) is 5.41 Å². The average Bonchev–Trinajstić information content (AvgIpc) is 2.92. The van der Waals surface area contributed by atoms with E-state index in [1.54, 1.807) is 7.11 Å². The highest BCUT2D eigenvalue weighted by atomic mass is 16.5. The molecule has 1 fully saturated rings. The average molecular weight is 199 g/mol. The van der Waals surface area contributed by atoms with E-state index in [-0.39, 0.29) is 11.8 Å². The number of carbonyl (C=O) groups is 1. The summed E-state index contributed by atoms with van der Waals surface area (Å²) in [5, 5.41) is 3.00. The van der Waals surface area contributed by atoms with Gasteiger partial charge in [0, 0.05) is 26.2 Å². The van der Waals surface area contributed by atoms with Crippen molar-refractivity contribution in [2.24, 2.45) is 11.3 Å². The number of ether oxygens (including phenoxy) is 1. The highest BCUT2D eigenvalue weighted by molar-refractivity contribution is 5.77. The van der Waals surface area contributed by atoms with E-state index < -0.39 is 0 Å². The Hall–Kier alpha value is -0.570.